The quantitative estimate of drug-likeness (QED) is 0.220. The number of hydrogen-bond donors (Lipinski definition) is 0. The van der Waals surface area contributed by atoms with E-state index in [1.54, 1.807) is 14.2 Å². The van der Waals surface area contributed by atoms with Crippen molar-refractivity contribution in [2.24, 2.45) is 0 Å². The maximum Gasteiger partial charge on any atom is 0.333 e. The minimum absolute atomic E-state index is 0.101. The molecule has 0 spiro atoms. The van der Waals surface area contributed by atoms with E-state index in [0.29, 0.717) is 57.7 Å². The number of imide groups is 1. The van der Waals surface area contributed by atoms with Crippen LogP contribution in [0, 0.1) is 0 Å². The molecule has 30 heavy (non-hydrogen) atoms. The van der Waals surface area contributed by atoms with Gasteiger partial charge >= 0.3 is 5.97 Å². The normalized spacial score (nSPS) is 15.1. The van der Waals surface area contributed by atoms with Gasteiger partial charge in [0.2, 0.25) is 0 Å². The highest BCUT2D eigenvalue weighted by Crippen LogP contribution is 2.13. The van der Waals surface area contributed by atoms with Crippen LogP contribution >= 0.6 is 0 Å². The molecule has 1 rings (SSSR count). The van der Waals surface area contributed by atoms with Crippen LogP contribution < -0.4 is 0 Å². The largest absolute Gasteiger partial charge is 0.382 e. The summed E-state index contributed by atoms with van der Waals surface area (Å²) in [6, 6.07) is 0. The summed E-state index contributed by atoms with van der Waals surface area (Å²) in [4.78, 5) is 39.3. The molecule has 1 saturated heterocycles. The number of hydrogen-bond acceptors (Lipinski definition) is 9. The Morgan fingerprint density at radius 1 is 0.833 bits per heavy atom. The van der Waals surface area contributed by atoms with E-state index >= 15 is 0 Å². The number of methoxy groups -OCH3 is 2. The van der Waals surface area contributed by atoms with Crippen molar-refractivity contribution in [1.82, 2.24) is 5.06 Å². The van der Waals surface area contributed by atoms with Crippen LogP contribution in [0.1, 0.15) is 44.9 Å². The molecule has 10 nitrogen and oxygen atoms in total. The SMILES string of the molecule is COCCOCC(COCCCCCCC(=O)ON1C(=O)CCC1=O)OCCOC. The minimum Gasteiger partial charge on any atom is -0.382 e. The van der Waals surface area contributed by atoms with Crippen molar-refractivity contribution < 1.29 is 42.9 Å². The lowest BCUT2D eigenvalue weighted by molar-refractivity contribution is -0.197. The van der Waals surface area contributed by atoms with E-state index in [9.17, 15) is 14.4 Å². The van der Waals surface area contributed by atoms with Gasteiger partial charge in [0.25, 0.3) is 11.8 Å². The number of unbranched alkanes of at least 4 members (excludes halogenated alkanes) is 3. The monoisotopic (exact) mass is 433 g/mol. The van der Waals surface area contributed by atoms with Crippen molar-refractivity contribution in [3.8, 4) is 0 Å². The number of hydroxylamine groups is 2. The molecule has 10 heteroatoms. The fraction of sp³-hybridized carbons (Fsp3) is 0.850. The van der Waals surface area contributed by atoms with Crippen molar-refractivity contribution in [3.63, 3.8) is 0 Å². The molecule has 2 amide bonds. The van der Waals surface area contributed by atoms with Crippen molar-refractivity contribution >= 4 is 17.8 Å². The molecule has 1 heterocycles. The average Bonchev–Trinajstić information content (AvgIpc) is 3.04. The first-order chi connectivity index (χ1) is 14.6. The van der Waals surface area contributed by atoms with E-state index in [1.807, 2.05) is 0 Å². The minimum atomic E-state index is -0.556. The van der Waals surface area contributed by atoms with Gasteiger partial charge in [-0.25, -0.2) is 4.79 Å². The predicted octanol–water partition coefficient (Wildman–Crippen LogP) is 1.26. The number of carbonyl (C=O) groups excluding carboxylic acids is 3. The third-order valence-electron chi connectivity index (χ3n) is 4.30. The smallest absolute Gasteiger partial charge is 0.333 e. The third kappa shape index (κ3) is 12.2. The van der Waals surface area contributed by atoms with Gasteiger partial charge in [-0.15, -0.1) is 5.06 Å². The second kappa shape index (κ2) is 17.1. The van der Waals surface area contributed by atoms with Gasteiger partial charge < -0.3 is 28.5 Å². The Kier molecular flexibility index (Phi) is 15.1. The fourth-order valence-corrected chi connectivity index (χ4v) is 2.65. The summed E-state index contributed by atoms with van der Waals surface area (Å²) in [7, 11) is 3.24. The molecule has 1 aliphatic rings. The van der Waals surface area contributed by atoms with Gasteiger partial charge in [-0.05, 0) is 12.8 Å². The zero-order valence-electron chi connectivity index (χ0n) is 18.1. The fourth-order valence-electron chi connectivity index (χ4n) is 2.65. The van der Waals surface area contributed by atoms with Gasteiger partial charge in [-0.1, -0.05) is 12.8 Å². The number of rotatable bonds is 19. The lowest BCUT2D eigenvalue weighted by atomic mass is 10.1. The second-order valence-corrected chi connectivity index (χ2v) is 6.84. The Morgan fingerprint density at radius 2 is 1.43 bits per heavy atom. The van der Waals surface area contributed by atoms with E-state index in [2.05, 4.69) is 0 Å². The van der Waals surface area contributed by atoms with E-state index in [-0.39, 0.29) is 25.4 Å². The molecule has 0 N–H and O–H groups in total. The van der Waals surface area contributed by atoms with Crippen LogP contribution in [0.3, 0.4) is 0 Å². The summed E-state index contributed by atoms with van der Waals surface area (Å²) in [5, 5.41) is 0.584. The summed E-state index contributed by atoms with van der Waals surface area (Å²) in [6.45, 7) is 3.47. The molecule has 1 fully saturated rings. The number of carbonyl (C=O) groups is 3. The van der Waals surface area contributed by atoms with E-state index < -0.39 is 17.8 Å². The summed E-state index contributed by atoms with van der Waals surface area (Å²) >= 11 is 0. The molecule has 0 aromatic rings. The van der Waals surface area contributed by atoms with Crippen molar-refractivity contribution in [2.45, 2.75) is 51.0 Å². The van der Waals surface area contributed by atoms with Crippen LogP contribution in [0.15, 0.2) is 0 Å². The molecular formula is C20H35NO9. The van der Waals surface area contributed by atoms with Crippen LogP contribution in [0.25, 0.3) is 0 Å². The molecule has 1 unspecified atom stereocenters. The van der Waals surface area contributed by atoms with Gasteiger partial charge in [-0.3, -0.25) is 9.59 Å². The van der Waals surface area contributed by atoms with Gasteiger partial charge in [0, 0.05) is 40.1 Å². The van der Waals surface area contributed by atoms with E-state index in [4.69, 9.17) is 28.5 Å². The molecule has 0 bridgehead atoms. The molecule has 0 aromatic heterocycles. The van der Waals surface area contributed by atoms with Crippen molar-refractivity contribution in [3.05, 3.63) is 0 Å². The van der Waals surface area contributed by atoms with Crippen LogP contribution in [0.4, 0.5) is 0 Å². The highest BCUT2D eigenvalue weighted by atomic mass is 16.7. The summed E-state index contributed by atoms with van der Waals surface area (Å²) in [6.07, 6.45) is 3.42. The second-order valence-electron chi connectivity index (χ2n) is 6.84. The van der Waals surface area contributed by atoms with Gasteiger partial charge in [0.05, 0.1) is 39.6 Å². The van der Waals surface area contributed by atoms with Gasteiger partial charge in [0.1, 0.15) is 6.10 Å². The Bertz CT molecular complexity index is 485. The first-order valence-electron chi connectivity index (χ1n) is 10.4. The average molecular weight is 433 g/mol. The van der Waals surface area contributed by atoms with Crippen molar-refractivity contribution in [2.75, 3.05) is 60.5 Å². The Morgan fingerprint density at radius 3 is 2.10 bits per heavy atom. The first-order valence-corrected chi connectivity index (χ1v) is 10.4. The van der Waals surface area contributed by atoms with E-state index in [0.717, 1.165) is 19.3 Å². The Balaban J connectivity index is 2.04. The standard InChI is InChI=1S/C20H35NO9/c1-25-11-13-28-16-17(29-14-12-26-2)15-27-10-6-4-3-5-7-20(24)30-21-18(22)8-9-19(21)23/h17H,3-16H2,1-2H3. The van der Waals surface area contributed by atoms with Gasteiger partial charge in [-0.2, -0.15) is 0 Å². The lowest BCUT2D eigenvalue weighted by Crippen LogP contribution is -2.31. The summed E-state index contributed by atoms with van der Waals surface area (Å²) in [5.41, 5.74) is 0. The highest BCUT2D eigenvalue weighted by molar-refractivity contribution is 6.01. The Hall–Kier alpha value is -1.59. The molecule has 1 aliphatic heterocycles. The number of ether oxygens (including phenoxy) is 5. The van der Waals surface area contributed by atoms with Crippen LogP contribution in [-0.4, -0.2) is 89.4 Å². The highest BCUT2D eigenvalue weighted by Gasteiger charge is 2.32. The predicted molar refractivity (Wildman–Crippen MR) is 105 cm³/mol. The molecule has 1 atom stereocenters. The van der Waals surface area contributed by atoms with Crippen LogP contribution in [0.2, 0.25) is 0 Å². The molecule has 0 saturated carbocycles. The van der Waals surface area contributed by atoms with E-state index in [1.165, 1.54) is 0 Å². The van der Waals surface area contributed by atoms with Crippen LogP contribution in [-0.2, 0) is 42.9 Å². The molecule has 174 valence electrons. The number of nitrogens with zero attached hydrogens (tertiary/aromatic N) is 1. The van der Waals surface area contributed by atoms with Gasteiger partial charge in [0.15, 0.2) is 0 Å². The summed E-state index contributed by atoms with van der Waals surface area (Å²) in [5.74, 6) is -1.47. The Labute approximate surface area is 178 Å². The van der Waals surface area contributed by atoms with Crippen LogP contribution in [0.5, 0.6) is 0 Å². The molecule has 0 aromatic carbocycles. The first kappa shape index (κ1) is 26.4. The number of amides is 2. The zero-order valence-corrected chi connectivity index (χ0v) is 18.1. The third-order valence-corrected chi connectivity index (χ3v) is 4.30. The maximum atomic E-state index is 11.7. The zero-order chi connectivity index (χ0) is 22.0. The topological polar surface area (TPSA) is 110 Å². The maximum absolute atomic E-state index is 11.7. The van der Waals surface area contributed by atoms with Crippen molar-refractivity contribution in [1.29, 1.82) is 0 Å². The lowest BCUT2D eigenvalue weighted by Gasteiger charge is -2.18. The molecule has 0 radical (unpaired) electrons. The molecular weight excluding hydrogens is 398 g/mol. The molecule has 0 aliphatic carbocycles. The summed E-state index contributed by atoms with van der Waals surface area (Å²) < 4.78 is 26.8.